The first-order chi connectivity index (χ1) is 9.08. The van der Waals surface area contributed by atoms with Gasteiger partial charge in [-0.1, -0.05) is 0 Å². The van der Waals surface area contributed by atoms with E-state index in [-0.39, 0.29) is 0 Å². The second-order valence-corrected chi connectivity index (χ2v) is 3.67. The molecule has 0 saturated heterocycles. The molecule has 0 aromatic heterocycles. The topological polar surface area (TPSA) is 29.5 Å². The van der Waals surface area contributed by atoms with E-state index in [0.717, 1.165) is 13.3 Å². The molecule has 0 rings (SSSR count). The molecule has 0 radical (unpaired) electrons. The summed E-state index contributed by atoms with van der Waals surface area (Å²) in [4.78, 5) is 10.9. The molecule has 128 valence electrons. The first-order valence-electron chi connectivity index (χ1n) is 5.04. The SMILES string of the molecule is CCOC(F)(F)C(F)(F)C(F)(F)C(F)(F)F.CN(C)C=O. The van der Waals surface area contributed by atoms with Crippen LogP contribution < -0.4 is 0 Å². The Balaban J connectivity index is 0. The van der Waals surface area contributed by atoms with Crippen LogP contribution in [-0.4, -0.2) is 56.1 Å². The highest BCUT2D eigenvalue weighted by atomic mass is 19.4. The number of nitrogens with zero attached hydrogens (tertiary/aromatic N) is 1. The minimum absolute atomic E-state index is 0.732. The normalized spacial score (nSPS) is 13.3. The summed E-state index contributed by atoms with van der Waals surface area (Å²) in [5, 5.41) is 0. The van der Waals surface area contributed by atoms with Crippen LogP contribution in [0.2, 0.25) is 0 Å². The maximum Gasteiger partial charge on any atom is 0.460 e. The molecule has 0 fully saturated rings. The van der Waals surface area contributed by atoms with Gasteiger partial charge in [0.1, 0.15) is 0 Å². The van der Waals surface area contributed by atoms with Gasteiger partial charge in [0.15, 0.2) is 0 Å². The third-order valence-corrected chi connectivity index (χ3v) is 1.65. The summed E-state index contributed by atoms with van der Waals surface area (Å²) in [6.07, 6.45) is -12.0. The molecule has 3 nitrogen and oxygen atoms in total. The van der Waals surface area contributed by atoms with Crippen LogP contribution in [0.4, 0.5) is 39.5 Å². The minimum Gasteiger partial charge on any atom is -0.351 e. The van der Waals surface area contributed by atoms with Gasteiger partial charge in [-0.05, 0) is 6.92 Å². The maximum atomic E-state index is 12.3. The summed E-state index contributed by atoms with van der Waals surface area (Å²) in [6.45, 7) is -0.424. The predicted molar refractivity (Wildman–Crippen MR) is 52.3 cm³/mol. The number of halogens is 9. The van der Waals surface area contributed by atoms with E-state index in [1.165, 1.54) is 4.90 Å². The van der Waals surface area contributed by atoms with Crippen molar-refractivity contribution in [3.05, 3.63) is 0 Å². The van der Waals surface area contributed by atoms with Gasteiger partial charge >= 0.3 is 24.1 Å². The van der Waals surface area contributed by atoms with E-state index >= 15 is 0 Å². The number of carbonyl (C=O) groups is 1. The molecule has 0 aromatic carbocycles. The fourth-order valence-electron chi connectivity index (χ4n) is 0.633. The van der Waals surface area contributed by atoms with E-state index in [1.54, 1.807) is 14.1 Å². The Bertz CT molecular complexity index is 328. The van der Waals surface area contributed by atoms with Gasteiger partial charge in [0, 0.05) is 14.1 Å². The van der Waals surface area contributed by atoms with Crippen LogP contribution in [0.3, 0.4) is 0 Å². The molecule has 0 N–H and O–H groups in total. The number of hydrogen-bond donors (Lipinski definition) is 0. The largest absolute Gasteiger partial charge is 0.460 e. The first kappa shape index (κ1) is 22.1. The second kappa shape index (κ2) is 7.18. The van der Waals surface area contributed by atoms with E-state index in [4.69, 9.17) is 0 Å². The molecule has 0 spiro atoms. The minimum atomic E-state index is -6.89. The molecule has 0 bridgehead atoms. The molecule has 0 saturated carbocycles. The summed E-state index contributed by atoms with van der Waals surface area (Å²) >= 11 is 0. The summed E-state index contributed by atoms with van der Waals surface area (Å²) in [6, 6.07) is 0. The summed E-state index contributed by atoms with van der Waals surface area (Å²) in [5.41, 5.74) is 0. The number of hydrogen-bond acceptors (Lipinski definition) is 2. The van der Waals surface area contributed by atoms with Gasteiger partial charge in [-0.2, -0.15) is 39.5 Å². The van der Waals surface area contributed by atoms with Gasteiger partial charge < -0.3 is 9.64 Å². The van der Waals surface area contributed by atoms with Crippen molar-refractivity contribution in [1.29, 1.82) is 0 Å². The highest BCUT2D eigenvalue weighted by Gasteiger charge is 2.82. The number of carbonyl (C=O) groups excluding carboxylic acids is 1. The zero-order valence-electron chi connectivity index (χ0n) is 10.9. The molecule has 0 aliphatic heterocycles. The Hall–Kier alpha value is -1.20. The number of amides is 1. The molecule has 12 heteroatoms. The van der Waals surface area contributed by atoms with Crippen molar-refractivity contribution in [3.63, 3.8) is 0 Å². The Morgan fingerprint density at radius 3 is 1.43 bits per heavy atom. The Kier molecular flexibility index (Phi) is 7.55. The lowest BCUT2D eigenvalue weighted by atomic mass is 10.1. The molecular weight excluding hydrogens is 325 g/mol. The standard InChI is InChI=1S/C6H5F9O.C3H7NO/c1-2-16-6(14,15)4(9,10)3(7,8)5(11,12)13;1-4(2)3-5/h2H2,1H3;3H,1-2H3. The smallest absolute Gasteiger partial charge is 0.351 e. The van der Waals surface area contributed by atoms with Gasteiger partial charge in [0.25, 0.3) is 0 Å². The van der Waals surface area contributed by atoms with Gasteiger partial charge in [-0.15, -0.1) is 0 Å². The predicted octanol–water partition coefficient (Wildman–Crippen LogP) is 3.15. The van der Waals surface area contributed by atoms with Gasteiger partial charge in [-0.3, -0.25) is 4.79 Å². The number of ether oxygens (including phenoxy) is 1. The van der Waals surface area contributed by atoms with Crippen LogP contribution >= 0.6 is 0 Å². The summed E-state index contributed by atoms with van der Waals surface area (Å²) < 4.78 is 111. The Labute approximate surface area is 113 Å². The van der Waals surface area contributed by atoms with E-state index in [1.807, 2.05) is 0 Å². The van der Waals surface area contributed by atoms with Gasteiger partial charge in [0.05, 0.1) is 6.61 Å². The highest BCUT2D eigenvalue weighted by Crippen LogP contribution is 2.53. The van der Waals surface area contributed by atoms with Crippen LogP contribution in [0.25, 0.3) is 0 Å². The number of alkyl halides is 9. The molecule has 0 atom stereocenters. The molecule has 0 unspecified atom stereocenters. The zero-order chi connectivity index (χ0) is 17.7. The van der Waals surface area contributed by atoms with Crippen LogP contribution in [0, 0.1) is 0 Å². The lowest BCUT2D eigenvalue weighted by molar-refractivity contribution is -0.443. The number of rotatable bonds is 5. The van der Waals surface area contributed by atoms with Crippen molar-refractivity contribution >= 4 is 6.41 Å². The third kappa shape index (κ3) is 5.25. The average molecular weight is 337 g/mol. The molecule has 21 heavy (non-hydrogen) atoms. The second-order valence-electron chi connectivity index (χ2n) is 3.67. The van der Waals surface area contributed by atoms with E-state index in [2.05, 4.69) is 4.74 Å². The summed E-state index contributed by atoms with van der Waals surface area (Å²) in [7, 11) is 3.38. The Morgan fingerprint density at radius 1 is 0.905 bits per heavy atom. The van der Waals surface area contributed by atoms with Crippen molar-refractivity contribution in [2.24, 2.45) is 0 Å². The van der Waals surface area contributed by atoms with E-state index in [9.17, 15) is 44.3 Å². The highest BCUT2D eigenvalue weighted by molar-refractivity contribution is 5.45. The van der Waals surface area contributed by atoms with Crippen LogP contribution in [-0.2, 0) is 9.53 Å². The maximum absolute atomic E-state index is 12.3. The Morgan fingerprint density at radius 2 is 1.24 bits per heavy atom. The summed E-state index contributed by atoms with van der Waals surface area (Å²) in [5.74, 6) is -13.6. The third-order valence-electron chi connectivity index (χ3n) is 1.65. The molecule has 1 amide bonds. The van der Waals surface area contributed by atoms with Gasteiger partial charge in [-0.25, -0.2) is 0 Å². The molecular formula is C9H12F9NO2. The van der Waals surface area contributed by atoms with Crippen LogP contribution in [0.1, 0.15) is 6.92 Å². The van der Waals surface area contributed by atoms with Crippen molar-refractivity contribution in [2.75, 3.05) is 20.7 Å². The zero-order valence-corrected chi connectivity index (χ0v) is 10.9. The average Bonchev–Trinajstić information content (AvgIpc) is 2.27. The quantitative estimate of drug-likeness (QED) is 0.570. The lowest BCUT2D eigenvalue weighted by Gasteiger charge is -2.32. The van der Waals surface area contributed by atoms with Gasteiger partial charge in [0.2, 0.25) is 6.41 Å². The molecule has 0 aliphatic carbocycles. The molecule has 0 aromatic rings. The first-order valence-corrected chi connectivity index (χ1v) is 5.04. The van der Waals surface area contributed by atoms with E-state index < -0.39 is 30.7 Å². The molecule has 0 heterocycles. The lowest BCUT2D eigenvalue weighted by Crippen LogP contribution is -2.61. The van der Waals surface area contributed by atoms with Crippen molar-refractivity contribution in [1.82, 2.24) is 4.90 Å². The van der Waals surface area contributed by atoms with Crippen LogP contribution in [0.5, 0.6) is 0 Å². The fraction of sp³-hybridized carbons (Fsp3) is 0.889. The van der Waals surface area contributed by atoms with E-state index in [0.29, 0.717) is 0 Å². The van der Waals surface area contributed by atoms with Crippen molar-refractivity contribution < 1.29 is 49.0 Å². The fourth-order valence-corrected chi connectivity index (χ4v) is 0.633. The van der Waals surface area contributed by atoms with Crippen LogP contribution in [0.15, 0.2) is 0 Å². The monoisotopic (exact) mass is 337 g/mol. The van der Waals surface area contributed by atoms with Crippen molar-refractivity contribution in [2.45, 2.75) is 31.1 Å². The van der Waals surface area contributed by atoms with Crippen molar-refractivity contribution in [3.8, 4) is 0 Å². The molecule has 0 aliphatic rings.